The minimum absolute atomic E-state index is 0.127. The molecule has 0 radical (unpaired) electrons. The maximum atomic E-state index is 12.6. The SMILES string of the molecule is CCN(CC)S(=O)(=O)c1cccc(C(=O)N/N=C2/CCCC[C@H]2C)c1. The first kappa shape index (κ1) is 19.6. The number of carbonyl (C=O) groups is 1. The maximum absolute atomic E-state index is 12.6. The normalized spacial score (nSPS) is 20.0. The second-order valence-corrected chi connectivity index (χ2v) is 8.25. The fourth-order valence-corrected chi connectivity index (χ4v) is 4.54. The summed E-state index contributed by atoms with van der Waals surface area (Å²) in [6, 6.07) is 6.11. The molecule has 1 aromatic rings. The zero-order valence-corrected chi connectivity index (χ0v) is 16.0. The predicted octanol–water partition coefficient (Wildman–Crippen LogP) is 3.01. The van der Waals surface area contributed by atoms with Gasteiger partial charge in [-0.3, -0.25) is 4.79 Å². The number of carbonyl (C=O) groups excluding carboxylic acids is 1. The Morgan fingerprint density at radius 2 is 2.00 bits per heavy atom. The molecule has 1 aliphatic carbocycles. The molecule has 1 atom stereocenters. The topological polar surface area (TPSA) is 78.8 Å². The van der Waals surface area contributed by atoms with Gasteiger partial charge in [0.25, 0.3) is 5.91 Å². The molecule has 0 spiro atoms. The highest BCUT2D eigenvalue weighted by Crippen LogP contribution is 2.21. The zero-order valence-electron chi connectivity index (χ0n) is 15.2. The minimum Gasteiger partial charge on any atom is -0.267 e. The van der Waals surface area contributed by atoms with Gasteiger partial charge in [-0.25, -0.2) is 13.8 Å². The molecule has 7 heteroatoms. The molecule has 0 unspecified atom stereocenters. The Bertz CT molecular complexity index is 740. The number of hydrogen-bond donors (Lipinski definition) is 1. The van der Waals surface area contributed by atoms with Crippen molar-refractivity contribution < 1.29 is 13.2 Å². The van der Waals surface area contributed by atoms with Gasteiger partial charge in [-0.2, -0.15) is 9.41 Å². The molecule has 1 aromatic carbocycles. The standard InChI is InChI=1S/C18H27N3O3S/c1-4-21(5-2)25(23,24)16-11-8-10-15(13-16)18(22)20-19-17-12-7-6-9-14(17)3/h8,10-11,13-14H,4-7,9,12H2,1-3H3,(H,20,22)/b19-17-/t14-/m1/s1. The summed E-state index contributed by atoms with van der Waals surface area (Å²) in [5.41, 5.74) is 3.87. The van der Waals surface area contributed by atoms with Crippen molar-refractivity contribution in [3.05, 3.63) is 29.8 Å². The average Bonchev–Trinajstić information content (AvgIpc) is 2.61. The van der Waals surface area contributed by atoms with E-state index < -0.39 is 10.0 Å². The van der Waals surface area contributed by atoms with Crippen molar-refractivity contribution in [1.29, 1.82) is 0 Å². The summed E-state index contributed by atoms with van der Waals surface area (Å²) < 4.78 is 26.5. The molecule has 1 fully saturated rings. The third-order valence-corrected chi connectivity index (χ3v) is 6.68. The van der Waals surface area contributed by atoms with E-state index in [9.17, 15) is 13.2 Å². The monoisotopic (exact) mass is 365 g/mol. The molecule has 6 nitrogen and oxygen atoms in total. The Morgan fingerprint density at radius 1 is 1.28 bits per heavy atom. The van der Waals surface area contributed by atoms with E-state index in [2.05, 4.69) is 17.5 Å². The highest BCUT2D eigenvalue weighted by Gasteiger charge is 2.22. The molecule has 2 rings (SSSR count). The van der Waals surface area contributed by atoms with E-state index in [1.807, 2.05) is 0 Å². The van der Waals surface area contributed by atoms with Crippen LogP contribution < -0.4 is 5.43 Å². The number of amides is 1. The lowest BCUT2D eigenvalue weighted by Crippen LogP contribution is -2.31. The predicted molar refractivity (Wildman–Crippen MR) is 99.1 cm³/mol. The molecule has 0 saturated heterocycles. The van der Waals surface area contributed by atoms with Crippen molar-refractivity contribution in [2.45, 2.75) is 51.3 Å². The van der Waals surface area contributed by atoms with Crippen LogP contribution in [0.15, 0.2) is 34.3 Å². The first-order chi connectivity index (χ1) is 11.9. The summed E-state index contributed by atoms with van der Waals surface area (Å²) >= 11 is 0. The lowest BCUT2D eigenvalue weighted by atomic mass is 9.89. The van der Waals surface area contributed by atoms with Gasteiger partial charge in [-0.05, 0) is 43.4 Å². The number of nitrogens with zero attached hydrogens (tertiary/aromatic N) is 2. The number of hydrazone groups is 1. The second kappa shape index (κ2) is 8.58. The number of rotatable bonds is 6. The fourth-order valence-electron chi connectivity index (χ4n) is 3.03. The van der Waals surface area contributed by atoms with E-state index >= 15 is 0 Å². The van der Waals surface area contributed by atoms with Crippen LogP contribution in [0.3, 0.4) is 0 Å². The van der Waals surface area contributed by atoms with Crippen LogP contribution in [-0.2, 0) is 10.0 Å². The molecule has 1 N–H and O–H groups in total. The van der Waals surface area contributed by atoms with Crippen LogP contribution in [0.1, 0.15) is 56.8 Å². The van der Waals surface area contributed by atoms with Gasteiger partial charge in [0.2, 0.25) is 10.0 Å². The van der Waals surface area contributed by atoms with Crippen molar-refractivity contribution in [2.75, 3.05) is 13.1 Å². The maximum Gasteiger partial charge on any atom is 0.271 e. The Balaban J connectivity index is 2.18. The molecular formula is C18H27N3O3S. The van der Waals surface area contributed by atoms with E-state index in [0.29, 0.717) is 24.6 Å². The Morgan fingerprint density at radius 3 is 2.64 bits per heavy atom. The highest BCUT2D eigenvalue weighted by atomic mass is 32.2. The van der Waals surface area contributed by atoms with Crippen molar-refractivity contribution in [3.63, 3.8) is 0 Å². The smallest absolute Gasteiger partial charge is 0.267 e. The number of nitrogens with one attached hydrogen (secondary N) is 1. The van der Waals surface area contributed by atoms with Crippen molar-refractivity contribution in [1.82, 2.24) is 9.73 Å². The Labute approximate surface area is 150 Å². The molecule has 0 bridgehead atoms. The summed E-state index contributed by atoms with van der Waals surface area (Å²) in [6.45, 7) is 6.47. The molecule has 1 aliphatic rings. The molecule has 0 heterocycles. The molecule has 0 aromatic heterocycles. The van der Waals surface area contributed by atoms with Crippen LogP contribution >= 0.6 is 0 Å². The van der Waals surface area contributed by atoms with Crippen LogP contribution in [0.25, 0.3) is 0 Å². The molecule has 25 heavy (non-hydrogen) atoms. The van der Waals surface area contributed by atoms with Crippen molar-refractivity contribution in [2.24, 2.45) is 11.0 Å². The van der Waals surface area contributed by atoms with Gasteiger partial charge in [-0.1, -0.05) is 33.3 Å². The zero-order chi connectivity index (χ0) is 18.4. The van der Waals surface area contributed by atoms with Crippen molar-refractivity contribution >= 4 is 21.6 Å². The summed E-state index contributed by atoms with van der Waals surface area (Å²) in [5, 5.41) is 4.26. The number of sulfonamides is 1. The van der Waals surface area contributed by atoms with E-state index in [4.69, 9.17) is 0 Å². The molecule has 138 valence electrons. The first-order valence-electron chi connectivity index (χ1n) is 8.87. The average molecular weight is 365 g/mol. The van der Waals surface area contributed by atoms with Gasteiger partial charge >= 0.3 is 0 Å². The third-order valence-electron chi connectivity index (χ3n) is 4.63. The summed E-state index contributed by atoms with van der Waals surface area (Å²) in [7, 11) is -3.58. The van der Waals surface area contributed by atoms with Gasteiger partial charge in [-0.15, -0.1) is 0 Å². The largest absolute Gasteiger partial charge is 0.271 e. The van der Waals surface area contributed by atoms with Gasteiger partial charge in [0.1, 0.15) is 0 Å². The number of benzene rings is 1. The van der Waals surface area contributed by atoms with Crippen LogP contribution in [0.4, 0.5) is 0 Å². The summed E-state index contributed by atoms with van der Waals surface area (Å²) in [5.74, 6) is -0.00898. The van der Waals surface area contributed by atoms with Crippen LogP contribution in [0.5, 0.6) is 0 Å². The van der Waals surface area contributed by atoms with E-state index in [1.165, 1.54) is 22.9 Å². The van der Waals surface area contributed by atoms with Crippen LogP contribution in [0, 0.1) is 5.92 Å². The first-order valence-corrected chi connectivity index (χ1v) is 10.3. The Hall–Kier alpha value is -1.73. The highest BCUT2D eigenvalue weighted by molar-refractivity contribution is 7.89. The van der Waals surface area contributed by atoms with Gasteiger partial charge in [0.05, 0.1) is 4.90 Å². The van der Waals surface area contributed by atoms with Gasteiger partial charge in [0, 0.05) is 24.4 Å². The van der Waals surface area contributed by atoms with Crippen LogP contribution in [0.2, 0.25) is 0 Å². The molecule has 1 saturated carbocycles. The third kappa shape index (κ3) is 4.67. The second-order valence-electron chi connectivity index (χ2n) is 6.31. The minimum atomic E-state index is -3.58. The lowest BCUT2D eigenvalue weighted by molar-refractivity contribution is 0.0954. The van der Waals surface area contributed by atoms with Gasteiger partial charge in [0.15, 0.2) is 0 Å². The molecule has 0 aliphatic heterocycles. The summed E-state index contributed by atoms with van der Waals surface area (Å²) in [4.78, 5) is 12.5. The Kier molecular flexibility index (Phi) is 6.72. The summed E-state index contributed by atoms with van der Waals surface area (Å²) in [6.07, 6.45) is 4.28. The fraction of sp³-hybridized carbons (Fsp3) is 0.556. The van der Waals surface area contributed by atoms with E-state index in [1.54, 1.807) is 26.0 Å². The van der Waals surface area contributed by atoms with Gasteiger partial charge < -0.3 is 0 Å². The van der Waals surface area contributed by atoms with Crippen molar-refractivity contribution in [3.8, 4) is 0 Å². The quantitative estimate of drug-likeness (QED) is 0.787. The van der Waals surface area contributed by atoms with E-state index in [-0.39, 0.29) is 10.8 Å². The number of hydrogen-bond acceptors (Lipinski definition) is 4. The molecular weight excluding hydrogens is 338 g/mol. The lowest BCUT2D eigenvalue weighted by Gasteiger charge is -2.20. The van der Waals surface area contributed by atoms with Crippen LogP contribution in [-0.4, -0.2) is 37.4 Å². The van der Waals surface area contributed by atoms with E-state index in [0.717, 1.165) is 25.0 Å². The molecule has 1 amide bonds.